The quantitative estimate of drug-likeness (QED) is 0.111. The van der Waals surface area contributed by atoms with E-state index in [1.165, 1.54) is 55.2 Å². The zero-order chi connectivity index (χ0) is 28.2. The molecule has 0 N–H and O–H groups in total. The predicted molar refractivity (Wildman–Crippen MR) is 166 cm³/mol. The predicted octanol–water partition coefficient (Wildman–Crippen LogP) is 9.58. The molecule has 0 fully saturated rings. The molecule has 0 aromatic heterocycles. The molecule has 0 bridgehead atoms. The van der Waals surface area contributed by atoms with Crippen molar-refractivity contribution in [2.45, 2.75) is 83.5 Å². The summed E-state index contributed by atoms with van der Waals surface area (Å²) < 4.78 is 0. The number of hydrogen-bond acceptors (Lipinski definition) is 2. The Morgan fingerprint density at radius 1 is 0.525 bits per heavy atom. The number of rotatable bonds is 15. The summed E-state index contributed by atoms with van der Waals surface area (Å²) in [7, 11) is 0. The van der Waals surface area contributed by atoms with Crippen LogP contribution in [-0.4, -0.2) is 11.6 Å². The Morgan fingerprint density at radius 3 is 1.40 bits per heavy atom. The van der Waals surface area contributed by atoms with E-state index in [0.717, 1.165) is 19.3 Å². The summed E-state index contributed by atoms with van der Waals surface area (Å²) in [5.74, 6) is 0.141. The highest BCUT2D eigenvalue weighted by atomic mass is 16.1. The van der Waals surface area contributed by atoms with Crippen LogP contribution in [0.5, 0.6) is 0 Å². The van der Waals surface area contributed by atoms with Crippen LogP contribution in [-0.2, 0) is 15.0 Å². The van der Waals surface area contributed by atoms with Gasteiger partial charge in [-0.3, -0.25) is 9.59 Å². The molecule has 0 aliphatic heterocycles. The third kappa shape index (κ3) is 7.36. The van der Waals surface area contributed by atoms with E-state index in [1.807, 2.05) is 13.8 Å². The van der Waals surface area contributed by atoms with Crippen LogP contribution < -0.4 is 0 Å². The van der Waals surface area contributed by atoms with Crippen molar-refractivity contribution in [3.63, 3.8) is 0 Å². The van der Waals surface area contributed by atoms with E-state index in [1.54, 1.807) is 12.2 Å². The second kappa shape index (κ2) is 14.7. The fraction of sp³-hybridized carbons (Fsp3) is 0.368. The highest BCUT2D eigenvalue weighted by molar-refractivity contribution is 6.20. The monoisotopic (exact) mass is 532 g/mol. The van der Waals surface area contributed by atoms with E-state index in [0.29, 0.717) is 17.6 Å². The van der Waals surface area contributed by atoms with Crippen molar-refractivity contribution >= 4 is 11.6 Å². The summed E-state index contributed by atoms with van der Waals surface area (Å²) in [6.07, 6.45) is 14.3. The average molecular weight is 533 g/mol. The summed E-state index contributed by atoms with van der Waals surface area (Å²) >= 11 is 0. The van der Waals surface area contributed by atoms with Crippen molar-refractivity contribution in [1.82, 2.24) is 0 Å². The first-order chi connectivity index (χ1) is 19.5. The highest BCUT2D eigenvalue weighted by Crippen LogP contribution is 2.43. The van der Waals surface area contributed by atoms with Crippen LogP contribution in [0.3, 0.4) is 0 Å². The molecular formula is C38H44O2. The first kappa shape index (κ1) is 29.5. The van der Waals surface area contributed by atoms with Crippen molar-refractivity contribution in [2.24, 2.45) is 5.92 Å². The topological polar surface area (TPSA) is 34.1 Å². The number of carbonyl (C=O) groups excluding carboxylic acids is 2. The van der Waals surface area contributed by atoms with Gasteiger partial charge in [0, 0.05) is 16.6 Å². The molecule has 0 spiro atoms. The Balaban J connectivity index is 1.25. The van der Waals surface area contributed by atoms with E-state index in [-0.39, 0.29) is 22.9 Å². The van der Waals surface area contributed by atoms with Gasteiger partial charge in [-0.25, -0.2) is 0 Å². The molecule has 1 aliphatic carbocycles. The molecule has 0 amide bonds. The minimum atomic E-state index is -0.151. The van der Waals surface area contributed by atoms with Gasteiger partial charge in [-0.2, -0.15) is 0 Å². The number of ketones is 2. The van der Waals surface area contributed by atoms with Crippen LogP contribution in [0.4, 0.5) is 0 Å². The molecule has 0 atom stereocenters. The van der Waals surface area contributed by atoms with Crippen molar-refractivity contribution in [2.75, 3.05) is 0 Å². The average Bonchev–Trinajstić information content (AvgIpc) is 2.99. The summed E-state index contributed by atoms with van der Waals surface area (Å²) in [5.41, 5.74) is 5.25. The van der Waals surface area contributed by atoms with Crippen LogP contribution in [0.15, 0.2) is 114 Å². The number of hydrogen-bond donors (Lipinski definition) is 0. The van der Waals surface area contributed by atoms with E-state index in [9.17, 15) is 9.59 Å². The van der Waals surface area contributed by atoms with Crippen molar-refractivity contribution in [1.29, 1.82) is 0 Å². The number of carbonyl (C=O) groups is 2. The van der Waals surface area contributed by atoms with Gasteiger partial charge in [0.05, 0.1) is 0 Å². The smallest absolute Gasteiger partial charge is 0.182 e. The maximum absolute atomic E-state index is 12.4. The molecule has 2 heteroatoms. The number of unbranched alkanes of at least 4 members (excludes halogenated alkanes) is 7. The Labute approximate surface area is 241 Å². The zero-order valence-electron chi connectivity index (χ0n) is 24.3. The van der Waals surface area contributed by atoms with E-state index in [4.69, 9.17) is 0 Å². The Kier molecular flexibility index (Phi) is 10.9. The highest BCUT2D eigenvalue weighted by Gasteiger charge is 2.35. The molecule has 1 aliphatic rings. The van der Waals surface area contributed by atoms with Gasteiger partial charge in [0.15, 0.2) is 11.6 Å². The Morgan fingerprint density at radius 2 is 0.950 bits per heavy atom. The largest absolute Gasteiger partial charge is 0.290 e. The SMILES string of the molecule is CC(C)C1=CC(=O)C(CCCCCCCCCCC(c2ccccc2)(c2ccccc2)c2ccccc2)=CC1=O. The first-order valence-corrected chi connectivity index (χ1v) is 15.2. The molecule has 208 valence electrons. The molecule has 0 unspecified atom stereocenters. The van der Waals surface area contributed by atoms with Gasteiger partial charge in [0.2, 0.25) is 0 Å². The van der Waals surface area contributed by atoms with Crippen LogP contribution in [0, 0.1) is 5.92 Å². The molecule has 4 rings (SSSR count). The number of benzene rings is 3. The van der Waals surface area contributed by atoms with Crippen molar-refractivity contribution in [3.05, 3.63) is 131 Å². The lowest BCUT2D eigenvalue weighted by Crippen LogP contribution is -2.29. The van der Waals surface area contributed by atoms with Gasteiger partial charge in [0.1, 0.15) is 0 Å². The molecule has 0 saturated heterocycles. The Bertz CT molecular complexity index is 1190. The molecule has 40 heavy (non-hydrogen) atoms. The van der Waals surface area contributed by atoms with Crippen molar-refractivity contribution in [3.8, 4) is 0 Å². The molecule has 0 radical (unpaired) electrons. The minimum Gasteiger partial charge on any atom is -0.290 e. The molecule has 3 aromatic rings. The van der Waals surface area contributed by atoms with Crippen LogP contribution in [0.1, 0.15) is 94.7 Å². The fourth-order valence-electron chi connectivity index (χ4n) is 6.13. The third-order valence-electron chi connectivity index (χ3n) is 8.36. The van der Waals surface area contributed by atoms with Gasteiger partial charge < -0.3 is 0 Å². The van der Waals surface area contributed by atoms with Crippen LogP contribution >= 0.6 is 0 Å². The van der Waals surface area contributed by atoms with Crippen LogP contribution in [0.2, 0.25) is 0 Å². The fourth-order valence-corrected chi connectivity index (χ4v) is 6.13. The standard InChI is InChI=1S/C38H44O2/c1-30(2)35-29-36(39)31(28-37(35)40)20-12-7-5-3-4-6-8-19-27-38(32-21-13-9-14-22-32,33-23-15-10-16-24-33)34-25-17-11-18-26-34/h9-11,13-18,21-26,28-30H,3-8,12,19-20,27H2,1-2H3. The maximum Gasteiger partial charge on any atom is 0.182 e. The zero-order valence-corrected chi connectivity index (χ0v) is 24.3. The first-order valence-electron chi connectivity index (χ1n) is 15.2. The molecular weight excluding hydrogens is 488 g/mol. The molecule has 3 aromatic carbocycles. The second-order valence-corrected chi connectivity index (χ2v) is 11.5. The Hall–Kier alpha value is -3.52. The second-order valence-electron chi connectivity index (χ2n) is 11.5. The number of allylic oxidation sites excluding steroid dienone is 4. The molecule has 2 nitrogen and oxygen atoms in total. The summed E-state index contributed by atoms with van der Waals surface area (Å²) in [6, 6.07) is 33.0. The lowest BCUT2D eigenvalue weighted by Gasteiger charge is -2.36. The van der Waals surface area contributed by atoms with Gasteiger partial charge in [-0.15, -0.1) is 0 Å². The summed E-state index contributed by atoms with van der Waals surface area (Å²) in [5, 5.41) is 0. The van der Waals surface area contributed by atoms with Gasteiger partial charge >= 0.3 is 0 Å². The lowest BCUT2D eigenvalue weighted by atomic mass is 9.66. The van der Waals surface area contributed by atoms with Crippen molar-refractivity contribution < 1.29 is 9.59 Å². The van der Waals surface area contributed by atoms with Gasteiger partial charge in [-0.1, -0.05) is 150 Å². The third-order valence-corrected chi connectivity index (χ3v) is 8.36. The van der Waals surface area contributed by atoms with Gasteiger partial charge in [0.25, 0.3) is 0 Å². The maximum atomic E-state index is 12.4. The normalized spacial score (nSPS) is 13.9. The molecule has 0 saturated carbocycles. The van der Waals surface area contributed by atoms with E-state index in [2.05, 4.69) is 91.0 Å². The minimum absolute atomic E-state index is 0.0143. The lowest BCUT2D eigenvalue weighted by molar-refractivity contribution is -0.115. The summed E-state index contributed by atoms with van der Waals surface area (Å²) in [6.45, 7) is 3.92. The van der Waals surface area contributed by atoms with E-state index < -0.39 is 0 Å². The summed E-state index contributed by atoms with van der Waals surface area (Å²) in [4.78, 5) is 24.6. The van der Waals surface area contributed by atoms with E-state index >= 15 is 0 Å². The van der Waals surface area contributed by atoms with Gasteiger partial charge in [-0.05, 0) is 54.0 Å². The van der Waals surface area contributed by atoms with Crippen LogP contribution in [0.25, 0.3) is 0 Å². The molecule has 0 heterocycles.